The smallest absolute Gasteiger partial charge is 0.419 e. The van der Waals surface area contributed by atoms with Crippen LogP contribution in [0.2, 0.25) is 0 Å². The lowest BCUT2D eigenvalue weighted by Crippen LogP contribution is -2.38. The Balaban J connectivity index is 0.000000277. The van der Waals surface area contributed by atoms with E-state index >= 15 is 0 Å². The van der Waals surface area contributed by atoms with Crippen LogP contribution in [0.4, 0.5) is 47.8 Å². The van der Waals surface area contributed by atoms with Gasteiger partial charge in [0.2, 0.25) is 0 Å². The molecule has 1 aliphatic rings. The molecule has 1 heterocycles. The fourth-order valence-electron chi connectivity index (χ4n) is 3.25. The molecule has 11 nitrogen and oxygen atoms in total. The quantitative estimate of drug-likeness (QED) is 0.206. The number of ether oxygens (including phenoxy) is 2. The van der Waals surface area contributed by atoms with Gasteiger partial charge in [0.05, 0.1) is 40.9 Å². The van der Waals surface area contributed by atoms with Crippen LogP contribution in [0.1, 0.15) is 38.3 Å². The van der Waals surface area contributed by atoms with Crippen LogP contribution in [0.3, 0.4) is 0 Å². The van der Waals surface area contributed by atoms with Gasteiger partial charge in [-0.1, -0.05) is 0 Å². The molecule has 0 amide bonds. The SMILES string of the molecule is COC(=O)c1cc(F)c(C(F)(F)F)cc1[N+](=O)[O-].COC(=O)c1cc(N2CCC2)c(C(F)(F)F)cc1[N+](=O)[O-]. The molecular weight excluding hydrogens is 555 g/mol. The van der Waals surface area contributed by atoms with Crippen LogP contribution in [-0.2, 0) is 21.8 Å². The third-order valence-corrected chi connectivity index (χ3v) is 5.21. The third kappa shape index (κ3) is 6.88. The second-order valence-corrected chi connectivity index (χ2v) is 7.57. The van der Waals surface area contributed by atoms with E-state index in [1.807, 2.05) is 0 Å². The summed E-state index contributed by atoms with van der Waals surface area (Å²) in [5.41, 5.74) is -6.64. The summed E-state index contributed by atoms with van der Waals surface area (Å²) in [5.74, 6) is -4.12. The van der Waals surface area contributed by atoms with Crippen LogP contribution in [0.5, 0.6) is 0 Å². The van der Waals surface area contributed by atoms with Gasteiger partial charge in [0, 0.05) is 25.2 Å². The van der Waals surface area contributed by atoms with Gasteiger partial charge in [0.15, 0.2) is 0 Å². The van der Waals surface area contributed by atoms with E-state index in [0.29, 0.717) is 19.2 Å². The minimum Gasteiger partial charge on any atom is -0.465 e. The zero-order valence-corrected chi connectivity index (χ0v) is 19.7. The number of carbonyl (C=O) groups excluding carboxylic acids is 2. The molecule has 0 saturated carbocycles. The molecule has 212 valence electrons. The summed E-state index contributed by atoms with van der Waals surface area (Å²) in [5, 5.41) is 21.4. The molecule has 0 aliphatic carbocycles. The number of anilines is 1. The molecule has 0 bridgehead atoms. The van der Waals surface area contributed by atoms with E-state index in [1.165, 1.54) is 4.90 Å². The summed E-state index contributed by atoms with van der Waals surface area (Å²) in [7, 11) is 1.87. The van der Waals surface area contributed by atoms with Gasteiger partial charge in [0.25, 0.3) is 11.4 Å². The number of benzene rings is 2. The molecule has 1 saturated heterocycles. The Morgan fingerprint density at radius 1 is 0.795 bits per heavy atom. The van der Waals surface area contributed by atoms with E-state index in [-0.39, 0.29) is 17.8 Å². The maximum atomic E-state index is 13.1. The maximum Gasteiger partial charge on any atom is 0.419 e. The molecule has 18 heteroatoms. The maximum absolute atomic E-state index is 13.1. The van der Waals surface area contributed by atoms with Gasteiger partial charge < -0.3 is 14.4 Å². The average Bonchev–Trinajstić information content (AvgIpc) is 2.80. The summed E-state index contributed by atoms with van der Waals surface area (Å²) in [6.45, 7) is 0.809. The standard InChI is InChI=1S/C12H11F3N2O4.C9H5F4NO4/c1-21-11(18)7-5-10(16-3-2-4-16)8(12(13,14)15)6-9(7)17(19)20;1-18-8(15)4-2-6(10)5(9(11,12)13)3-7(4)14(16)17/h5-6H,2-4H2,1H3;2-3H,1H3. The molecule has 0 N–H and O–H groups in total. The monoisotopic (exact) mass is 571 g/mol. The molecule has 2 aromatic carbocycles. The predicted molar refractivity (Wildman–Crippen MR) is 116 cm³/mol. The number of methoxy groups -OCH3 is 2. The minimum absolute atomic E-state index is 0.0401. The van der Waals surface area contributed by atoms with Gasteiger partial charge in [-0.3, -0.25) is 20.2 Å². The normalized spacial score (nSPS) is 13.0. The first-order chi connectivity index (χ1) is 17.9. The first kappa shape index (κ1) is 30.7. The predicted octanol–water partition coefficient (Wildman–Crippen LogP) is 5.15. The van der Waals surface area contributed by atoms with E-state index < -0.39 is 73.6 Å². The molecule has 1 fully saturated rings. The summed E-state index contributed by atoms with van der Waals surface area (Å²) in [6, 6.07) is 1.36. The number of hydrogen-bond donors (Lipinski definition) is 0. The molecule has 0 radical (unpaired) electrons. The Labute approximate surface area is 213 Å². The number of nitrogens with zero attached hydrogens (tertiary/aromatic N) is 3. The summed E-state index contributed by atoms with van der Waals surface area (Å²) < 4.78 is 97.8. The molecule has 0 atom stereocenters. The van der Waals surface area contributed by atoms with Crippen molar-refractivity contribution in [2.75, 3.05) is 32.2 Å². The molecule has 3 rings (SSSR count). The van der Waals surface area contributed by atoms with E-state index in [4.69, 9.17) is 0 Å². The van der Waals surface area contributed by atoms with E-state index in [9.17, 15) is 60.6 Å². The largest absolute Gasteiger partial charge is 0.465 e. The van der Waals surface area contributed by atoms with Crippen LogP contribution in [0.25, 0.3) is 0 Å². The minimum atomic E-state index is -5.09. The molecule has 2 aromatic rings. The van der Waals surface area contributed by atoms with E-state index in [2.05, 4.69) is 9.47 Å². The Kier molecular flexibility index (Phi) is 9.04. The first-order valence-electron chi connectivity index (χ1n) is 10.3. The van der Waals surface area contributed by atoms with Crippen molar-refractivity contribution in [2.24, 2.45) is 0 Å². The van der Waals surface area contributed by atoms with Crippen LogP contribution in [0.15, 0.2) is 24.3 Å². The van der Waals surface area contributed by atoms with Gasteiger partial charge in [0.1, 0.15) is 16.9 Å². The van der Waals surface area contributed by atoms with Crippen LogP contribution in [-0.4, -0.2) is 49.1 Å². The van der Waals surface area contributed by atoms with Crippen molar-refractivity contribution in [1.29, 1.82) is 0 Å². The zero-order chi connectivity index (χ0) is 29.9. The molecule has 0 spiro atoms. The van der Waals surface area contributed by atoms with E-state index in [1.54, 1.807) is 0 Å². The lowest BCUT2D eigenvalue weighted by molar-refractivity contribution is -0.385. The highest BCUT2D eigenvalue weighted by Crippen LogP contribution is 2.42. The van der Waals surface area contributed by atoms with Crippen LogP contribution < -0.4 is 4.90 Å². The average molecular weight is 571 g/mol. The number of rotatable bonds is 5. The Morgan fingerprint density at radius 2 is 1.21 bits per heavy atom. The van der Waals surface area contributed by atoms with Crippen molar-refractivity contribution in [2.45, 2.75) is 18.8 Å². The molecule has 1 aliphatic heterocycles. The zero-order valence-electron chi connectivity index (χ0n) is 19.7. The Bertz CT molecular complexity index is 1310. The summed E-state index contributed by atoms with van der Waals surface area (Å²) in [6.07, 6.45) is -9.12. The van der Waals surface area contributed by atoms with Crippen LogP contribution >= 0.6 is 0 Å². The molecular formula is C21H16F7N3O8. The van der Waals surface area contributed by atoms with Crippen molar-refractivity contribution in [1.82, 2.24) is 0 Å². The van der Waals surface area contributed by atoms with Gasteiger partial charge in [-0.15, -0.1) is 0 Å². The number of halogens is 7. The van der Waals surface area contributed by atoms with Crippen molar-refractivity contribution < 1.29 is 59.6 Å². The highest BCUT2D eigenvalue weighted by molar-refractivity contribution is 5.96. The van der Waals surface area contributed by atoms with E-state index in [0.717, 1.165) is 26.7 Å². The lowest BCUT2D eigenvalue weighted by atomic mass is 10.0. The number of nitro groups is 2. The second kappa shape index (κ2) is 11.5. The Hall–Kier alpha value is -4.51. The number of hydrogen-bond acceptors (Lipinski definition) is 9. The van der Waals surface area contributed by atoms with Crippen molar-refractivity contribution in [3.63, 3.8) is 0 Å². The number of nitro benzene ring substituents is 2. The first-order valence-corrected chi connectivity index (χ1v) is 10.3. The van der Waals surface area contributed by atoms with Crippen LogP contribution in [0, 0.1) is 26.0 Å². The van der Waals surface area contributed by atoms with Gasteiger partial charge in [-0.05, 0) is 18.6 Å². The fraction of sp³-hybridized carbons (Fsp3) is 0.333. The summed E-state index contributed by atoms with van der Waals surface area (Å²) >= 11 is 0. The highest BCUT2D eigenvalue weighted by atomic mass is 19.4. The number of alkyl halides is 6. The molecule has 39 heavy (non-hydrogen) atoms. The number of esters is 2. The Morgan fingerprint density at radius 3 is 1.54 bits per heavy atom. The number of carbonyl (C=O) groups is 2. The van der Waals surface area contributed by atoms with Crippen molar-refractivity contribution in [3.8, 4) is 0 Å². The topological polar surface area (TPSA) is 142 Å². The van der Waals surface area contributed by atoms with Gasteiger partial charge >= 0.3 is 24.3 Å². The third-order valence-electron chi connectivity index (χ3n) is 5.21. The molecule has 0 unspecified atom stereocenters. The molecule has 0 aromatic heterocycles. The highest BCUT2D eigenvalue weighted by Gasteiger charge is 2.40. The fourth-order valence-corrected chi connectivity index (χ4v) is 3.25. The summed E-state index contributed by atoms with van der Waals surface area (Å²) in [4.78, 5) is 43.2. The van der Waals surface area contributed by atoms with Gasteiger partial charge in [-0.25, -0.2) is 14.0 Å². The van der Waals surface area contributed by atoms with Crippen molar-refractivity contribution >= 4 is 29.0 Å². The lowest BCUT2D eigenvalue weighted by Gasteiger charge is -2.35. The second-order valence-electron chi connectivity index (χ2n) is 7.57. The van der Waals surface area contributed by atoms with Gasteiger partial charge in [-0.2, -0.15) is 26.3 Å². The van der Waals surface area contributed by atoms with Crippen molar-refractivity contribution in [3.05, 3.63) is 72.6 Å².